The van der Waals surface area contributed by atoms with Crippen molar-refractivity contribution in [1.29, 1.82) is 0 Å². The van der Waals surface area contributed by atoms with Gasteiger partial charge < -0.3 is 11.1 Å². The highest BCUT2D eigenvalue weighted by molar-refractivity contribution is 6.33. The Kier molecular flexibility index (Phi) is 2.98. The number of nitrogens with one attached hydrogen (secondary N) is 1. The maximum atomic E-state index is 6.12. The van der Waals surface area contributed by atoms with Gasteiger partial charge in [-0.15, -0.1) is 0 Å². The Morgan fingerprint density at radius 1 is 1.35 bits per heavy atom. The summed E-state index contributed by atoms with van der Waals surface area (Å²) in [5, 5.41) is 8.12. The number of nitrogens with two attached hydrogens (primary N) is 1. The predicted molar refractivity (Wildman–Crippen MR) is 71.8 cm³/mol. The zero-order valence-electron chi connectivity index (χ0n) is 10.1. The Morgan fingerprint density at radius 2 is 2.06 bits per heavy atom. The third-order valence-electron chi connectivity index (χ3n) is 2.64. The van der Waals surface area contributed by atoms with Crippen molar-refractivity contribution in [2.24, 2.45) is 7.05 Å². The van der Waals surface area contributed by atoms with Gasteiger partial charge in [-0.2, -0.15) is 5.10 Å². The van der Waals surface area contributed by atoms with Crippen LogP contribution in [0.4, 0.5) is 17.2 Å². The van der Waals surface area contributed by atoms with Crippen molar-refractivity contribution < 1.29 is 0 Å². The molecule has 1 aromatic carbocycles. The van der Waals surface area contributed by atoms with Gasteiger partial charge in [-0.1, -0.05) is 17.7 Å². The average Bonchev–Trinajstić information content (AvgIpc) is 2.50. The molecule has 0 saturated heterocycles. The van der Waals surface area contributed by atoms with E-state index in [1.54, 1.807) is 4.68 Å². The van der Waals surface area contributed by atoms with Gasteiger partial charge in [0.15, 0.2) is 5.82 Å². The van der Waals surface area contributed by atoms with Crippen LogP contribution in [-0.2, 0) is 7.05 Å². The molecule has 0 saturated carbocycles. The number of halogens is 1. The van der Waals surface area contributed by atoms with E-state index in [1.807, 2.05) is 39.1 Å². The van der Waals surface area contributed by atoms with Crippen molar-refractivity contribution in [2.75, 3.05) is 11.1 Å². The Bertz CT molecular complexity index is 560. The normalized spacial score (nSPS) is 10.6. The minimum atomic E-state index is 0.644. The number of nitrogen functional groups attached to an aromatic ring is 1. The minimum absolute atomic E-state index is 0.644. The summed E-state index contributed by atoms with van der Waals surface area (Å²) in [6, 6.07) is 5.80. The van der Waals surface area contributed by atoms with Crippen LogP contribution in [0.3, 0.4) is 0 Å². The maximum Gasteiger partial charge on any atom is 0.152 e. The summed E-state index contributed by atoms with van der Waals surface area (Å²) in [5.41, 5.74) is 9.37. The van der Waals surface area contributed by atoms with Gasteiger partial charge in [-0.3, -0.25) is 4.68 Å². The van der Waals surface area contributed by atoms with Gasteiger partial charge in [0.1, 0.15) is 0 Å². The van der Waals surface area contributed by atoms with Gasteiger partial charge in [0.05, 0.1) is 22.1 Å². The van der Waals surface area contributed by atoms with E-state index in [9.17, 15) is 0 Å². The van der Waals surface area contributed by atoms with Crippen LogP contribution in [0, 0.1) is 13.8 Å². The molecule has 4 nitrogen and oxygen atoms in total. The summed E-state index contributed by atoms with van der Waals surface area (Å²) in [5.74, 6) is 0.759. The number of benzene rings is 1. The van der Waals surface area contributed by atoms with Crippen LogP contribution in [0.25, 0.3) is 0 Å². The van der Waals surface area contributed by atoms with E-state index < -0.39 is 0 Å². The van der Waals surface area contributed by atoms with E-state index in [1.165, 1.54) is 0 Å². The second-order valence-corrected chi connectivity index (χ2v) is 4.49. The largest absolute Gasteiger partial charge is 0.394 e. The lowest BCUT2D eigenvalue weighted by atomic mass is 10.2. The zero-order chi connectivity index (χ0) is 12.6. The monoisotopic (exact) mass is 250 g/mol. The topological polar surface area (TPSA) is 55.9 Å². The van der Waals surface area contributed by atoms with E-state index in [0.29, 0.717) is 10.7 Å². The Balaban J connectivity index is 2.41. The predicted octanol–water partition coefficient (Wildman–Crippen LogP) is 3.02. The molecular formula is C12H15ClN4. The highest BCUT2D eigenvalue weighted by Gasteiger charge is 2.11. The Hall–Kier alpha value is -1.68. The van der Waals surface area contributed by atoms with Gasteiger partial charge in [0.2, 0.25) is 0 Å². The lowest BCUT2D eigenvalue weighted by Gasteiger charge is -2.10. The number of rotatable bonds is 2. The summed E-state index contributed by atoms with van der Waals surface area (Å²) in [7, 11) is 1.84. The van der Waals surface area contributed by atoms with Crippen molar-refractivity contribution in [3.63, 3.8) is 0 Å². The SMILES string of the molecule is Cc1ccc(Cl)c(Nc2c(N)c(C)nn2C)c1. The average molecular weight is 251 g/mol. The first-order chi connectivity index (χ1) is 7.99. The molecule has 0 atom stereocenters. The van der Waals surface area contributed by atoms with E-state index in [0.717, 1.165) is 22.8 Å². The molecule has 17 heavy (non-hydrogen) atoms. The molecular weight excluding hydrogens is 236 g/mol. The molecule has 90 valence electrons. The minimum Gasteiger partial charge on any atom is -0.394 e. The van der Waals surface area contributed by atoms with Crippen LogP contribution in [0.15, 0.2) is 18.2 Å². The van der Waals surface area contributed by atoms with Crippen molar-refractivity contribution in [3.8, 4) is 0 Å². The third-order valence-corrected chi connectivity index (χ3v) is 2.97. The number of anilines is 3. The fourth-order valence-corrected chi connectivity index (χ4v) is 1.85. The summed E-state index contributed by atoms with van der Waals surface area (Å²) in [6.07, 6.45) is 0. The summed E-state index contributed by atoms with van der Waals surface area (Å²) < 4.78 is 1.71. The molecule has 0 aliphatic carbocycles. The first-order valence-electron chi connectivity index (χ1n) is 5.31. The third kappa shape index (κ3) is 2.22. The molecule has 1 heterocycles. The first-order valence-corrected chi connectivity index (χ1v) is 5.69. The van der Waals surface area contributed by atoms with E-state index >= 15 is 0 Å². The molecule has 0 radical (unpaired) electrons. The lowest BCUT2D eigenvalue weighted by Crippen LogP contribution is -2.02. The van der Waals surface area contributed by atoms with Crippen LogP contribution >= 0.6 is 11.6 Å². The lowest BCUT2D eigenvalue weighted by molar-refractivity contribution is 0.765. The van der Waals surface area contributed by atoms with Gasteiger partial charge in [-0.25, -0.2) is 0 Å². The molecule has 0 aliphatic rings. The standard InChI is InChI=1S/C12H15ClN4/c1-7-4-5-9(13)10(6-7)15-12-11(14)8(2)16-17(12)3/h4-6,15H,14H2,1-3H3. The van der Waals surface area contributed by atoms with Crippen LogP contribution < -0.4 is 11.1 Å². The van der Waals surface area contributed by atoms with Crippen molar-refractivity contribution >= 4 is 28.8 Å². The zero-order valence-corrected chi connectivity index (χ0v) is 10.8. The quantitative estimate of drug-likeness (QED) is 0.862. The fourth-order valence-electron chi connectivity index (χ4n) is 1.69. The molecule has 0 bridgehead atoms. The molecule has 2 rings (SSSR count). The molecule has 0 amide bonds. The molecule has 1 aromatic heterocycles. The van der Waals surface area contributed by atoms with E-state index in [2.05, 4.69) is 10.4 Å². The van der Waals surface area contributed by atoms with Crippen molar-refractivity contribution in [3.05, 3.63) is 34.5 Å². The second-order valence-electron chi connectivity index (χ2n) is 4.08. The smallest absolute Gasteiger partial charge is 0.152 e. The molecule has 3 N–H and O–H groups in total. The highest BCUT2D eigenvalue weighted by Crippen LogP contribution is 2.30. The fraction of sp³-hybridized carbons (Fsp3) is 0.250. The summed E-state index contributed by atoms with van der Waals surface area (Å²) in [4.78, 5) is 0. The van der Waals surface area contributed by atoms with Gasteiger partial charge in [0, 0.05) is 7.05 Å². The van der Waals surface area contributed by atoms with Gasteiger partial charge >= 0.3 is 0 Å². The van der Waals surface area contributed by atoms with Gasteiger partial charge in [0.25, 0.3) is 0 Å². The maximum absolute atomic E-state index is 6.12. The van der Waals surface area contributed by atoms with Crippen LogP contribution in [0.1, 0.15) is 11.3 Å². The molecule has 2 aromatic rings. The van der Waals surface area contributed by atoms with Crippen LogP contribution in [0.2, 0.25) is 5.02 Å². The van der Waals surface area contributed by atoms with Crippen molar-refractivity contribution in [2.45, 2.75) is 13.8 Å². The second kappa shape index (κ2) is 4.30. The van der Waals surface area contributed by atoms with Crippen LogP contribution in [0.5, 0.6) is 0 Å². The molecule has 0 unspecified atom stereocenters. The first kappa shape index (κ1) is 11.8. The Labute approximate surface area is 105 Å². The number of nitrogens with zero attached hydrogens (tertiary/aromatic N) is 2. The summed E-state index contributed by atoms with van der Waals surface area (Å²) >= 11 is 6.12. The van der Waals surface area contributed by atoms with Crippen LogP contribution in [-0.4, -0.2) is 9.78 Å². The number of aryl methyl sites for hydroxylation is 3. The number of hydrogen-bond donors (Lipinski definition) is 2. The Morgan fingerprint density at radius 3 is 2.65 bits per heavy atom. The molecule has 0 fully saturated rings. The number of aromatic nitrogens is 2. The number of hydrogen-bond acceptors (Lipinski definition) is 3. The van der Waals surface area contributed by atoms with Crippen molar-refractivity contribution in [1.82, 2.24) is 9.78 Å². The van der Waals surface area contributed by atoms with E-state index in [-0.39, 0.29) is 0 Å². The molecule has 5 heteroatoms. The molecule has 0 spiro atoms. The molecule has 0 aliphatic heterocycles. The highest BCUT2D eigenvalue weighted by atomic mass is 35.5. The van der Waals surface area contributed by atoms with E-state index in [4.69, 9.17) is 17.3 Å². The van der Waals surface area contributed by atoms with Gasteiger partial charge in [-0.05, 0) is 31.5 Å². The summed E-state index contributed by atoms with van der Waals surface area (Å²) in [6.45, 7) is 3.89.